The van der Waals surface area contributed by atoms with Gasteiger partial charge in [0.1, 0.15) is 0 Å². The molecule has 5 nitrogen and oxygen atoms in total. The molecule has 1 unspecified atom stereocenters. The van der Waals surface area contributed by atoms with Crippen molar-refractivity contribution in [2.24, 2.45) is 0 Å². The summed E-state index contributed by atoms with van der Waals surface area (Å²) in [5, 5.41) is 5.87. The Hall–Kier alpha value is -1.88. The van der Waals surface area contributed by atoms with Gasteiger partial charge in [0.2, 0.25) is 11.8 Å². The molecule has 0 aliphatic carbocycles. The molecule has 1 aliphatic rings. The molecule has 1 saturated heterocycles. The summed E-state index contributed by atoms with van der Waals surface area (Å²) in [7, 11) is 0. The number of amides is 2. The number of aryl methyl sites for hydroxylation is 1. The summed E-state index contributed by atoms with van der Waals surface area (Å²) >= 11 is 0. The van der Waals surface area contributed by atoms with Crippen molar-refractivity contribution in [2.45, 2.75) is 19.9 Å². The average molecular weight is 261 g/mol. The van der Waals surface area contributed by atoms with E-state index in [1.807, 2.05) is 38.1 Å². The molecule has 1 fully saturated rings. The molecule has 102 valence electrons. The van der Waals surface area contributed by atoms with Crippen LogP contribution < -0.4 is 10.6 Å². The number of carbonyl (C=O) groups is 2. The van der Waals surface area contributed by atoms with Gasteiger partial charge >= 0.3 is 0 Å². The summed E-state index contributed by atoms with van der Waals surface area (Å²) in [4.78, 5) is 25.3. The molecule has 19 heavy (non-hydrogen) atoms. The normalized spacial score (nSPS) is 19.4. The minimum atomic E-state index is -0.207. The maximum atomic E-state index is 11.9. The summed E-state index contributed by atoms with van der Waals surface area (Å²) < 4.78 is 0. The Morgan fingerprint density at radius 3 is 2.79 bits per heavy atom. The fraction of sp³-hybridized carbons (Fsp3) is 0.429. The Kier molecular flexibility index (Phi) is 4.16. The number of carbonyl (C=O) groups excluding carboxylic acids is 2. The van der Waals surface area contributed by atoms with E-state index in [-0.39, 0.29) is 24.4 Å². The molecule has 0 saturated carbocycles. The number of hydrogen-bond donors (Lipinski definition) is 2. The Morgan fingerprint density at radius 2 is 2.11 bits per heavy atom. The Morgan fingerprint density at radius 1 is 1.42 bits per heavy atom. The van der Waals surface area contributed by atoms with E-state index in [4.69, 9.17) is 0 Å². The van der Waals surface area contributed by atoms with Crippen LogP contribution >= 0.6 is 0 Å². The highest BCUT2D eigenvalue weighted by atomic mass is 16.2. The lowest BCUT2D eigenvalue weighted by Gasteiger charge is -2.30. The number of piperazine rings is 1. The third-order valence-corrected chi connectivity index (χ3v) is 3.18. The third-order valence-electron chi connectivity index (χ3n) is 3.18. The van der Waals surface area contributed by atoms with Crippen LogP contribution in [0.15, 0.2) is 24.3 Å². The van der Waals surface area contributed by atoms with Crippen LogP contribution in [0.3, 0.4) is 0 Å². The first-order valence-electron chi connectivity index (χ1n) is 6.45. The average Bonchev–Trinajstić information content (AvgIpc) is 2.38. The number of anilines is 1. The predicted octanol–water partition coefficient (Wildman–Crippen LogP) is 0.754. The van der Waals surface area contributed by atoms with E-state index in [1.165, 1.54) is 0 Å². The summed E-state index contributed by atoms with van der Waals surface area (Å²) in [6.45, 7) is 5.21. The lowest BCUT2D eigenvalue weighted by molar-refractivity contribution is -0.138. The molecule has 1 aliphatic heterocycles. The van der Waals surface area contributed by atoms with Gasteiger partial charge in [0.15, 0.2) is 0 Å². The molecule has 2 N–H and O–H groups in total. The van der Waals surface area contributed by atoms with E-state index < -0.39 is 0 Å². The van der Waals surface area contributed by atoms with Gasteiger partial charge < -0.3 is 15.5 Å². The van der Waals surface area contributed by atoms with Crippen molar-refractivity contribution in [1.82, 2.24) is 10.2 Å². The number of nitrogens with one attached hydrogen (secondary N) is 2. The van der Waals surface area contributed by atoms with Crippen molar-refractivity contribution in [3.8, 4) is 0 Å². The second-order valence-electron chi connectivity index (χ2n) is 4.85. The maximum Gasteiger partial charge on any atom is 0.243 e. The molecule has 0 spiro atoms. The first-order chi connectivity index (χ1) is 9.06. The monoisotopic (exact) mass is 261 g/mol. The van der Waals surface area contributed by atoms with Crippen molar-refractivity contribution in [3.63, 3.8) is 0 Å². The minimum Gasteiger partial charge on any atom is -0.331 e. The fourth-order valence-electron chi connectivity index (χ4n) is 2.06. The first-order valence-corrected chi connectivity index (χ1v) is 6.45. The van der Waals surface area contributed by atoms with Crippen LogP contribution in [-0.4, -0.2) is 42.4 Å². The number of rotatable bonds is 3. The second kappa shape index (κ2) is 5.84. The number of benzene rings is 1. The highest BCUT2D eigenvalue weighted by molar-refractivity contribution is 5.95. The Labute approximate surface area is 113 Å². The SMILES string of the molecule is Cc1ccc(NC(=O)CN2CCNC(C)C2=O)cc1. The Balaban J connectivity index is 1.90. The van der Waals surface area contributed by atoms with Crippen LogP contribution in [0.1, 0.15) is 12.5 Å². The van der Waals surface area contributed by atoms with Crippen LogP contribution in [0.2, 0.25) is 0 Å². The van der Waals surface area contributed by atoms with Crippen LogP contribution in [0, 0.1) is 6.92 Å². The molecule has 0 radical (unpaired) electrons. The van der Waals surface area contributed by atoms with Gasteiger partial charge in [-0.25, -0.2) is 0 Å². The highest BCUT2D eigenvalue weighted by Gasteiger charge is 2.25. The quantitative estimate of drug-likeness (QED) is 0.844. The molecule has 2 amide bonds. The first kappa shape index (κ1) is 13.5. The van der Waals surface area contributed by atoms with Gasteiger partial charge in [-0.3, -0.25) is 9.59 Å². The number of hydrogen-bond acceptors (Lipinski definition) is 3. The van der Waals surface area contributed by atoms with Gasteiger partial charge in [0.05, 0.1) is 12.6 Å². The van der Waals surface area contributed by atoms with E-state index >= 15 is 0 Å². The standard InChI is InChI=1S/C14H19N3O2/c1-10-3-5-12(6-4-10)16-13(18)9-17-8-7-15-11(2)14(17)19/h3-6,11,15H,7-9H2,1-2H3,(H,16,18). The van der Waals surface area contributed by atoms with Crippen molar-refractivity contribution < 1.29 is 9.59 Å². The zero-order chi connectivity index (χ0) is 13.8. The maximum absolute atomic E-state index is 11.9. The van der Waals surface area contributed by atoms with Gasteiger partial charge in [0.25, 0.3) is 0 Å². The third kappa shape index (κ3) is 3.54. The molecule has 1 aromatic rings. The van der Waals surface area contributed by atoms with Crippen LogP contribution in [0.25, 0.3) is 0 Å². The van der Waals surface area contributed by atoms with Crippen molar-refractivity contribution in [1.29, 1.82) is 0 Å². The van der Waals surface area contributed by atoms with Gasteiger partial charge in [-0.15, -0.1) is 0 Å². The minimum absolute atomic E-state index is 0.0229. The van der Waals surface area contributed by atoms with Crippen molar-refractivity contribution >= 4 is 17.5 Å². The van der Waals surface area contributed by atoms with Crippen LogP contribution in [0.4, 0.5) is 5.69 Å². The van der Waals surface area contributed by atoms with E-state index in [1.54, 1.807) is 4.90 Å². The number of nitrogens with zero attached hydrogens (tertiary/aromatic N) is 1. The van der Waals surface area contributed by atoms with Gasteiger partial charge in [-0.05, 0) is 26.0 Å². The van der Waals surface area contributed by atoms with Crippen molar-refractivity contribution in [2.75, 3.05) is 25.0 Å². The molecule has 1 atom stereocenters. The van der Waals surface area contributed by atoms with E-state index in [9.17, 15) is 9.59 Å². The lowest BCUT2D eigenvalue weighted by atomic mass is 10.2. The van der Waals surface area contributed by atoms with E-state index in [2.05, 4.69) is 10.6 Å². The zero-order valence-electron chi connectivity index (χ0n) is 11.3. The molecule has 5 heteroatoms. The summed E-state index contributed by atoms with van der Waals surface area (Å²) in [5.74, 6) is -0.184. The van der Waals surface area contributed by atoms with Gasteiger partial charge in [-0.1, -0.05) is 17.7 Å². The second-order valence-corrected chi connectivity index (χ2v) is 4.85. The zero-order valence-corrected chi connectivity index (χ0v) is 11.3. The van der Waals surface area contributed by atoms with E-state index in [0.717, 1.165) is 17.8 Å². The summed E-state index contributed by atoms with van der Waals surface area (Å²) in [6.07, 6.45) is 0. The molecule has 2 rings (SSSR count). The highest BCUT2D eigenvalue weighted by Crippen LogP contribution is 2.09. The summed E-state index contributed by atoms with van der Waals surface area (Å²) in [6, 6.07) is 7.38. The van der Waals surface area contributed by atoms with Crippen LogP contribution in [-0.2, 0) is 9.59 Å². The molecule has 0 aromatic heterocycles. The Bertz CT molecular complexity index is 470. The fourth-order valence-corrected chi connectivity index (χ4v) is 2.06. The molecule has 1 aromatic carbocycles. The molecular formula is C14H19N3O2. The smallest absolute Gasteiger partial charge is 0.243 e. The lowest BCUT2D eigenvalue weighted by Crippen LogP contribution is -2.55. The van der Waals surface area contributed by atoms with E-state index in [0.29, 0.717) is 6.54 Å². The molecule has 1 heterocycles. The largest absolute Gasteiger partial charge is 0.331 e. The summed E-state index contributed by atoms with van der Waals surface area (Å²) in [5.41, 5.74) is 1.90. The van der Waals surface area contributed by atoms with Gasteiger partial charge in [-0.2, -0.15) is 0 Å². The van der Waals surface area contributed by atoms with Crippen molar-refractivity contribution in [3.05, 3.63) is 29.8 Å². The topological polar surface area (TPSA) is 61.4 Å². The van der Waals surface area contributed by atoms with Gasteiger partial charge in [0, 0.05) is 18.8 Å². The predicted molar refractivity (Wildman–Crippen MR) is 73.9 cm³/mol. The molecule has 0 bridgehead atoms. The van der Waals surface area contributed by atoms with Crippen LogP contribution in [0.5, 0.6) is 0 Å². The molecular weight excluding hydrogens is 242 g/mol.